The molecule has 1 fully saturated rings. The molecule has 2 aromatic carbocycles. The Kier molecular flexibility index (Phi) is 6.71. The van der Waals surface area contributed by atoms with Gasteiger partial charge in [0.1, 0.15) is 0 Å². The molecule has 6 heteroatoms. The molecule has 3 amide bonds. The van der Waals surface area contributed by atoms with Crippen LogP contribution in [0.2, 0.25) is 5.02 Å². The maximum absolute atomic E-state index is 12.1. The number of urea groups is 1. The van der Waals surface area contributed by atoms with E-state index in [0.29, 0.717) is 29.7 Å². The van der Waals surface area contributed by atoms with Crippen molar-refractivity contribution in [2.24, 2.45) is 0 Å². The van der Waals surface area contributed by atoms with Gasteiger partial charge in [-0.05, 0) is 48.2 Å². The molecular weight excluding hydrogens is 362 g/mol. The van der Waals surface area contributed by atoms with E-state index < -0.39 is 0 Å². The molecule has 0 aliphatic heterocycles. The number of halogens is 1. The van der Waals surface area contributed by atoms with Crippen LogP contribution in [0.4, 0.5) is 10.5 Å². The van der Waals surface area contributed by atoms with Gasteiger partial charge in [0, 0.05) is 23.3 Å². The van der Waals surface area contributed by atoms with E-state index in [0.717, 1.165) is 24.0 Å². The summed E-state index contributed by atoms with van der Waals surface area (Å²) in [6.07, 6.45) is 4.93. The number of nitrogens with one attached hydrogen (secondary N) is 3. The summed E-state index contributed by atoms with van der Waals surface area (Å²) in [5.74, 6) is 0.0586. The molecule has 1 aliphatic rings. The Balaban J connectivity index is 1.43. The van der Waals surface area contributed by atoms with Crippen molar-refractivity contribution in [1.82, 2.24) is 10.6 Å². The van der Waals surface area contributed by atoms with E-state index in [1.165, 1.54) is 12.8 Å². The summed E-state index contributed by atoms with van der Waals surface area (Å²) in [7, 11) is 0. The molecule has 0 atom stereocenters. The van der Waals surface area contributed by atoms with Crippen LogP contribution < -0.4 is 16.0 Å². The maximum Gasteiger partial charge on any atom is 0.319 e. The molecule has 27 heavy (non-hydrogen) atoms. The van der Waals surface area contributed by atoms with Gasteiger partial charge in [-0.1, -0.05) is 48.7 Å². The lowest BCUT2D eigenvalue weighted by Crippen LogP contribution is -2.33. The van der Waals surface area contributed by atoms with Crippen LogP contribution in [-0.4, -0.2) is 18.0 Å². The zero-order valence-corrected chi connectivity index (χ0v) is 15.9. The molecule has 0 bridgehead atoms. The van der Waals surface area contributed by atoms with Crippen molar-refractivity contribution in [1.29, 1.82) is 0 Å². The molecule has 142 valence electrons. The van der Waals surface area contributed by atoms with Gasteiger partial charge in [0.2, 0.25) is 5.91 Å². The molecule has 1 saturated carbocycles. The fourth-order valence-electron chi connectivity index (χ4n) is 3.20. The molecule has 0 aromatic heterocycles. The van der Waals surface area contributed by atoms with Crippen LogP contribution in [0.15, 0.2) is 48.5 Å². The summed E-state index contributed by atoms with van der Waals surface area (Å²) in [5, 5.41) is 9.33. The van der Waals surface area contributed by atoms with Gasteiger partial charge in [-0.3, -0.25) is 4.79 Å². The van der Waals surface area contributed by atoms with Crippen LogP contribution in [0.25, 0.3) is 0 Å². The van der Waals surface area contributed by atoms with E-state index in [-0.39, 0.29) is 11.9 Å². The predicted octanol–water partition coefficient (Wildman–Crippen LogP) is 4.26. The second-order valence-electron chi connectivity index (χ2n) is 6.86. The number of rotatable bonds is 6. The SMILES string of the molecule is O=C(Cc1ccc(NC(=O)NCc2ccc(Cl)cc2)cc1)NC1CCCC1. The van der Waals surface area contributed by atoms with Gasteiger partial charge >= 0.3 is 6.03 Å². The number of anilines is 1. The summed E-state index contributed by atoms with van der Waals surface area (Å²) in [5.41, 5.74) is 2.58. The normalized spacial score (nSPS) is 14.0. The fourth-order valence-corrected chi connectivity index (χ4v) is 3.33. The van der Waals surface area contributed by atoms with E-state index in [1.54, 1.807) is 24.3 Å². The second-order valence-corrected chi connectivity index (χ2v) is 7.29. The van der Waals surface area contributed by atoms with Gasteiger partial charge in [-0.2, -0.15) is 0 Å². The van der Waals surface area contributed by atoms with Crippen LogP contribution in [0.1, 0.15) is 36.8 Å². The first-order valence-corrected chi connectivity index (χ1v) is 9.64. The summed E-state index contributed by atoms with van der Waals surface area (Å²) in [6, 6.07) is 14.7. The van der Waals surface area contributed by atoms with Crippen molar-refractivity contribution >= 4 is 29.2 Å². The second kappa shape index (κ2) is 9.42. The predicted molar refractivity (Wildman–Crippen MR) is 108 cm³/mol. The molecule has 0 saturated heterocycles. The first-order chi connectivity index (χ1) is 13.1. The topological polar surface area (TPSA) is 70.2 Å². The molecular formula is C21H24ClN3O2. The Morgan fingerprint density at radius 1 is 0.926 bits per heavy atom. The van der Waals surface area contributed by atoms with Gasteiger partial charge in [-0.15, -0.1) is 0 Å². The van der Waals surface area contributed by atoms with Gasteiger partial charge in [0.05, 0.1) is 6.42 Å². The minimum Gasteiger partial charge on any atom is -0.353 e. The average Bonchev–Trinajstić information content (AvgIpc) is 3.16. The highest BCUT2D eigenvalue weighted by atomic mass is 35.5. The van der Waals surface area contributed by atoms with Crippen molar-refractivity contribution in [3.63, 3.8) is 0 Å². The maximum atomic E-state index is 12.1. The molecule has 2 aromatic rings. The van der Waals surface area contributed by atoms with Gasteiger partial charge in [-0.25, -0.2) is 4.79 Å². The summed E-state index contributed by atoms with van der Waals surface area (Å²) in [6.45, 7) is 0.419. The Labute approximate surface area is 164 Å². The molecule has 0 spiro atoms. The molecule has 3 N–H and O–H groups in total. The standard InChI is InChI=1S/C21H24ClN3O2/c22-17-9-5-16(6-10-17)14-23-21(27)25-19-11-7-15(8-12-19)13-20(26)24-18-3-1-2-4-18/h5-12,18H,1-4,13-14H2,(H,24,26)(H2,23,25,27). The molecule has 1 aliphatic carbocycles. The quantitative estimate of drug-likeness (QED) is 0.695. The summed E-state index contributed by atoms with van der Waals surface area (Å²) in [4.78, 5) is 24.1. The first-order valence-electron chi connectivity index (χ1n) is 9.26. The van der Waals surface area contributed by atoms with E-state index in [9.17, 15) is 9.59 Å². The van der Waals surface area contributed by atoms with Gasteiger partial charge in [0.15, 0.2) is 0 Å². The summed E-state index contributed by atoms with van der Waals surface area (Å²) < 4.78 is 0. The Morgan fingerprint density at radius 3 is 2.22 bits per heavy atom. The summed E-state index contributed by atoms with van der Waals surface area (Å²) >= 11 is 5.84. The van der Waals surface area contributed by atoms with Crippen LogP contribution in [-0.2, 0) is 17.8 Å². The lowest BCUT2D eigenvalue weighted by atomic mass is 10.1. The zero-order chi connectivity index (χ0) is 19.1. The number of carbonyl (C=O) groups excluding carboxylic acids is 2. The number of benzene rings is 2. The van der Waals surface area contributed by atoms with E-state index in [1.807, 2.05) is 24.3 Å². The Bertz CT molecular complexity index is 769. The highest BCUT2D eigenvalue weighted by Crippen LogP contribution is 2.18. The number of carbonyl (C=O) groups is 2. The number of hydrogen-bond acceptors (Lipinski definition) is 2. The molecule has 3 rings (SSSR count). The largest absolute Gasteiger partial charge is 0.353 e. The van der Waals surface area contributed by atoms with E-state index in [2.05, 4.69) is 16.0 Å². The Morgan fingerprint density at radius 2 is 1.56 bits per heavy atom. The van der Waals surface area contributed by atoms with Gasteiger partial charge in [0.25, 0.3) is 0 Å². The number of amides is 3. The van der Waals surface area contributed by atoms with Crippen LogP contribution in [0.3, 0.4) is 0 Å². The van der Waals surface area contributed by atoms with Crippen LogP contribution in [0, 0.1) is 0 Å². The highest BCUT2D eigenvalue weighted by molar-refractivity contribution is 6.30. The zero-order valence-electron chi connectivity index (χ0n) is 15.1. The highest BCUT2D eigenvalue weighted by Gasteiger charge is 2.17. The lowest BCUT2D eigenvalue weighted by Gasteiger charge is -2.12. The minimum absolute atomic E-state index is 0.0586. The molecule has 0 unspecified atom stereocenters. The van der Waals surface area contributed by atoms with Crippen molar-refractivity contribution < 1.29 is 9.59 Å². The third kappa shape index (κ3) is 6.29. The van der Waals surface area contributed by atoms with Crippen molar-refractivity contribution in [2.75, 3.05) is 5.32 Å². The first kappa shape index (κ1) is 19.2. The van der Waals surface area contributed by atoms with Crippen molar-refractivity contribution in [3.8, 4) is 0 Å². The monoisotopic (exact) mass is 385 g/mol. The van der Waals surface area contributed by atoms with Crippen LogP contribution >= 0.6 is 11.6 Å². The smallest absolute Gasteiger partial charge is 0.319 e. The Hall–Kier alpha value is -2.53. The number of hydrogen-bond donors (Lipinski definition) is 3. The van der Waals surface area contributed by atoms with E-state index >= 15 is 0 Å². The fraction of sp³-hybridized carbons (Fsp3) is 0.333. The van der Waals surface area contributed by atoms with Crippen molar-refractivity contribution in [3.05, 3.63) is 64.7 Å². The minimum atomic E-state index is -0.281. The third-order valence-corrected chi connectivity index (χ3v) is 4.92. The molecule has 0 radical (unpaired) electrons. The van der Waals surface area contributed by atoms with E-state index in [4.69, 9.17) is 11.6 Å². The van der Waals surface area contributed by atoms with Crippen LogP contribution in [0.5, 0.6) is 0 Å². The average molecular weight is 386 g/mol. The van der Waals surface area contributed by atoms with Crippen molar-refractivity contribution in [2.45, 2.75) is 44.7 Å². The van der Waals surface area contributed by atoms with Gasteiger partial charge < -0.3 is 16.0 Å². The molecule has 0 heterocycles. The molecule has 5 nitrogen and oxygen atoms in total. The third-order valence-electron chi connectivity index (χ3n) is 4.66. The lowest BCUT2D eigenvalue weighted by molar-refractivity contribution is -0.121.